The van der Waals surface area contributed by atoms with Gasteiger partial charge >= 0.3 is 0 Å². The lowest BCUT2D eigenvalue weighted by molar-refractivity contribution is -0.115. The average Bonchev–Trinajstić information content (AvgIpc) is 3.23. The van der Waals surface area contributed by atoms with E-state index in [-0.39, 0.29) is 11.3 Å². The van der Waals surface area contributed by atoms with Crippen molar-refractivity contribution >= 4 is 34.7 Å². The topological polar surface area (TPSA) is 67.5 Å². The Bertz CT molecular complexity index is 907. The molecule has 0 radical (unpaired) electrons. The van der Waals surface area contributed by atoms with Gasteiger partial charge in [-0.1, -0.05) is 18.2 Å². The summed E-state index contributed by atoms with van der Waals surface area (Å²) in [5.74, 6) is 2.32. The summed E-state index contributed by atoms with van der Waals surface area (Å²) in [6.07, 6.45) is 0. The summed E-state index contributed by atoms with van der Waals surface area (Å²) in [6, 6.07) is 13.5. The highest BCUT2D eigenvalue weighted by Gasteiger charge is 2.36. The molecule has 1 fully saturated rings. The van der Waals surface area contributed by atoms with Crippen LogP contribution in [0.1, 0.15) is 10.9 Å². The standard InChI is InChI=1S/C18H17N3O3S/c1-23-14-8-7-11(9-15(14)24-2)17-21(16(22)10-25-17)18-19-12-5-3-4-6-13(12)20-18/h3-9,17H,10H2,1-2H3,(H,19,20). The van der Waals surface area contributed by atoms with Crippen molar-refractivity contribution in [1.82, 2.24) is 9.97 Å². The van der Waals surface area contributed by atoms with Gasteiger partial charge in [-0.3, -0.25) is 9.69 Å². The Hall–Kier alpha value is -2.67. The van der Waals surface area contributed by atoms with Gasteiger partial charge in [0.1, 0.15) is 5.37 Å². The normalized spacial score (nSPS) is 17.3. The Labute approximate surface area is 149 Å². The van der Waals surface area contributed by atoms with Crippen molar-refractivity contribution in [2.75, 3.05) is 24.9 Å². The number of nitrogens with one attached hydrogen (secondary N) is 1. The van der Waals surface area contributed by atoms with Crippen LogP contribution in [0, 0.1) is 0 Å². The van der Waals surface area contributed by atoms with Gasteiger partial charge in [-0.25, -0.2) is 4.98 Å². The molecule has 0 saturated carbocycles. The number of H-pyrrole nitrogens is 1. The molecule has 0 spiro atoms. The van der Waals surface area contributed by atoms with E-state index in [1.54, 1.807) is 30.9 Å². The zero-order valence-corrected chi connectivity index (χ0v) is 14.7. The number of rotatable bonds is 4. The molecule has 1 unspecified atom stereocenters. The maximum atomic E-state index is 12.5. The van der Waals surface area contributed by atoms with Crippen molar-refractivity contribution in [3.63, 3.8) is 0 Å². The second-order valence-electron chi connectivity index (χ2n) is 5.62. The molecule has 4 rings (SSSR count). The molecule has 7 heteroatoms. The van der Waals surface area contributed by atoms with Crippen LogP contribution in [0.2, 0.25) is 0 Å². The van der Waals surface area contributed by atoms with Crippen LogP contribution in [-0.2, 0) is 4.79 Å². The fourth-order valence-electron chi connectivity index (χ4n) is 2.96. The lowest BCUT2D eigenvalue weighted by Gasteiger charge is -2.22. The van der Waals surface area contributed by atoms with E-state index in [1.807, 2.05) is 42.5 Å². The number of fused-ring (bicyclic) bond motifs is 1. The number of amides is 1. The van der Waals surface area contributed by atoms with E-state index in [0.717, 1.165) is 16.6 Å². The average molecular weight is 355 g/mol. The summed E-state index contributed by atoms with van der Waals surface area (Å²) >= 11 is 1.57. The van der Waals surface area contributed by atoms with Crippen LogP contribution in [0.15, 0.2) is 42.5 Å². The molecule has 1 saturated heterocycles. The quantitative estimate of drug-likeness (QED) is 0.777. The lowest BCUT2D eigenvalue weighted by Crippen LogP contribution is -2.28. The fourth-order valence-corrected chi connectivity index (χ4v) is 4.10. The minimum absolute atomic E-state index is 0.0313. The molecule has 1 aliphatic heterocycles. The van der Waals surface area contributed by atoms with Gasteiger partial charge in [0.15, 0.2) is 11.5 Å². The number of carbonyl (C=O) groups is 1. The van der Waals surface area contributed by atoms with Crippen LogP contribution in [0.25, 0.3) is 11.0 Å². The molecule has 1 aliphatic rings. The lowest BCUT2D eigenvalue weighted by atomic mass is 10.2. The summed E-state index contributed by atoms with van der Waals surface area (Å²) in [4.78, 5) is 22.0. The smallest absolute Gasteiger partial charge is 0.240 e. The SMILES string of the molecule is COc1ccc(C2SCC(=O)N2c2nc3ccccc3[nH]2)cc1OC. The van der Waals surface area contributed by atoms with Crippen molar-refractivity contribution < 1.29 is 14.3 Å². The molecular weight excluding hydrogens is 338 g/mol. The van der Waals surface area contributed by atoms with Crippen molar-refractivity contribution in [3.8, 4) is 11.5 Å². The van der Waals surface area contributed by atoms with Crippen LogP contribution in [0.4, 0.5) is 5.95 Å². The number of aromatic amines is 1. The second-order valence-corrected chi connectivity index (χ2v) is 6.69. The number of carbonyl (C=O) groups excluding carboxylic acids is 1. The summed E-state index contributed by atoms with van der Waals surface area (Å²) in [5.41, 5.74) is 2.72. The van der Waals surface area contributed by atoms with Gasteiger partial charge in [0.25, 0.3) is 0 Å². The molecule has 1 N–H and O–H groups in total. The summed E-state index contributed by atoms with van der Waals surface area (Å²) in [5, 5.41) is -0.159. The molecule has 2 aromatic carbocycles. The van der Waals surface area contributed by atoms with Crippen LogP contribution >= 0.6 is 11.8 Å². The van der Waals surface area contributed by atoms with E-state index in [1.165, 1.54) is 0 Å². The number of hydrogen-bond donors (Lipinski definition) is 1. The van der Waals surface area contributed by atoms with Crippen LogP contribution < -0.4 is 14.4 Å². The second kappa shape index (κ2) is 6.33. The first-order valence-electron chi connectivity index (χ1n) is 7.81. The monoisotopic (exact) mass is 355 g/mol. The van der Waals surface area contributed by atoms with E-state index in [2.05, 4.69) is 9.97 Å². The highest BCUT2D eigenvalue weighted by molar-refractivity contribution is 8.00. The number of methoxy groups -OCH3 is 2. The first-order valence-corrected chi connectivity index (χ1v) is 8.86. The number of imidazole rings is 1. The number of ether oxygens (including phenoxy) is 2. The van der Waals surface area contributed by atoms with Crippen molar-refractivity contribution in [2.24, 2.45) is 0 Å². The zero-order valence-electron chi connectivity index (χ0n) is 13.9. The Balaban J connectivity index is 1.75. The van der Waals surface area contributed by atoms with Gasteiger partial charge in [-0.05, 0) is 29.8 Å². The first kappa shape index (κ1) is 15.8. The van der Waals surface area contributed by atoms with Gasteiger partial charge in [-0.15, -0.1) is 11.8 Å². The molecule has 128 valence electrons. The Morgan fingerprint density at radius 2 is 1.96 bits per heavy atom. The maximum absolute atomic E-state index is 12.5. The zero-order chi connectivity index (χ0) is 17.4. The van der Waals surface area contributed by atoms with Gasteiger partial charge in [0.05, 0.1) is 31.0 Å². The number of hydrogen-bond acceptors (Lipinski definition) is 5. The van der Waals surface area contributed by atoms with Crippen LogP contribution in [0.5, 0.6) is 11.5 Å². The van der Waals surface area contributed by atoms with E-state index < -0.39 is 0 Å². The van der Waals surface area contributed by atoms with Gasteiger partial charge in [-0.2, -0.15) is 0 Å². The van der Waals surface area contributed by atoms with E-state index in [9.17, 15) is 4.79 Å². The number of benzene rings is 2. The molecule has 1 amide bonds. The van der Waals surface area contributed by atoms with Crippen molar-refractivity contribution in [3.05, 3.63) is 48.0 Å². The molecule has 0 bridgehead atoms. The number of anilines is 1. The first-order chi connectivity index (χ1) is 12.2. The number of thioether (sulfide) groups is 1. The van der Waals surface area contributed by atoms with Gasteiger partial charge in [0, 0.05) is 0 Å². The minimum Gasteiger partial charge on any atom is -0.493 e. The number of aromatic nitrogens is 2. The van der Waals surface area contributed by atoms with Crippen molar-refractivity contribution in [2.45, 2.75) is 5.37 Å². The summed E-state index contributed by atoms with van der Waals surface area (Å²) in [7, 11) is 3.21. The molecule has 0 aliphatic carbocycles. The summed E-state index contributed by atoms with van der Waals surface area (Å²) in [6.45, 7) is 0. The Morgan fingerprint density at radius 1 is 1.16 bits per heavy atom. The largest absolute Gasteiger partial charge is 0.493 e. The third-order valence-corrected chi connectivity index (χ3v) is 5.38. The predicted octanol–water partition coefficient (Wildman–Crippen LogP) is 3.36. The molecule has 2 heterocycles. The highest BCUT2D eigenvalue weighted by atomic mass is 32.2. The maximum Gasteiger partial charge on any atom is 0.240 e. The third-order valence-electron chi connectivity index (χ3n) is 4.17. The van der Waals surface area contributed by atoms with Crippen molar-refractivity contribution in [1.29, 1.82) is 0 Å². The fraction of sp³-hybridized carbons (Fsp3) is 0.222. The predicted molar refractivity (Wildman–Crippen MR) is 98.3 cm³/mol. The van der Waals surface area contributed by atoms with E-state index >= 15 is 0 Å². The molecule has 6 nitrogen and oxygen atoms in total. The van der Waals surface area contributed by atoms with E-state index in [0.29, 0.717) is 23.2 Å². The highest BCUT2D eigenvalue weighted by Crippen LogP contribution is 2.43. The Morgan fingerprint density at radius 3 is 2.72 bits per heavy atom. The molecular formula is C18H17N3O3S. The molecule has 25 heavy (non-hydrogen) atoms. The third kappa shape index (κ3) is 2.70. The van der Waals surface area contributed by atoms with Crippen LogP contribution in [0.3, 0.4) is 0 Å². The molecule has 1 aromatic heterocycles. The number of para-hydroxylation sites is 2. The summed E-state index contributed by atoms with van der Waals surface area (Å²) < 4.78 is 10.7. The number of nitrogens with zero attached hydrogens (tertiary/aromatic N) is 2. The molecule has 3 aromatic rings. The minimum atomic E-state index is -0.159. The Kier molecular flexibility index (Phi) is 4.01. The molecule has 1 atom stereocenters. The van der Waals surface area contributed by atoms with E-state index in [4.69, 9.17) is 9.47 Å². The van der Waals surface area contributed by atoms with Gasteiger partial charge < -0.3 is 14.5 Å². The van der Waals surface area contributed by atoms with Gasteiger partial charge in [0.2, 0.25) is 11.9 Å². The van der Waals surface area contributed by atoms with Crippen LogP contribution in [-0.4, -0.2) is 35.8 Å².